The van der Waals surface area contributed by atoms with Gasteiger partial charge in [0, 0.05) is 19.3 Å². The number of fused-ring (bicyclic) bond motifs is 2. The first-order valence-corrected chi connectivity index (χ1v) is 11.0. The number of ether oxygens (including phenoxy) is 2. The van der Waals surface area contributed by atoms with Gasteiger partial charge in [-0.3, -0.25) is 14.1 Å². The summed E-state index contributed by atoms with van der Waals surface area (Å²) < 4.78 is 42.5. The molecular formula is C23H20F2N8O2. The summed E-state index contributed by atoms with van der Waals surface area (Å²) in [7, 11) is 1.48. The second-order valence-corrected chi connectivity index (χ2v) is 7.88. The monoisotopic (exact) mass is 478 g/mol. The summed E-state index contributed by atoms with van der Waals surface area (Å²) in [5.74, 6) is 0.549. The molecule has 4 aromatic heterocycles. The quantitative estimate of drug-likeness (QED) is 0.380. The van der Waals surface area contributed by atoms with Crippen LogP contribution in [0.3, 0.4) is 0 Å². The third-order valence-electron chi connectivity index (χ3n) is 5.88. The van der Waals surface area contributed by atoms with Gasteiger partial charge in [-0.05, 0) is 24.3 Å². The first-order valence-electron chi connectivity index (χ1n) is 11.0. The Kier molecular flexibility index (Phi) is 5.21. The normalized spacial score (nSPS) is 14.3. The summed E-state index contributed by atoms with van der Waals surface area (Å²) in [6, 6.07) is 8.78. The van der Waals surface area contributed by atoms with Crippen molar-refractivity contribution in [3.8, 4) is 17.3 Å². The zero-order valence-corrected chi connectivity index (χ0v) is 18.7. The minimum absolute atomic E-state index is 0.213. The fourth-order valence-corrected chi connectivity index (χ4v) is 4.25. The third kappa shape index (κ3) is 3.53. The van der Waals surface area contributed by atoms with E-state index in [1.807, 2.05) is 11.0 Å². The number of halogens is 2. The van der Waals surface area contributed by atoms with Crippen molar-refractivity contribution in [1.82, 2.24) is 34.1 Å². The number of pyridine rings is 1. The van der Waals surface area contributed by atoms with Crippen LogP contribution in [0.15, 0.2) is 49.1 Å². The molecule has 35 heavy (non-hydrogen) atoms. The van der Waals surface area contributed by atoms with Gasteiger partial charge in [0.05, 0.1) is 37.7 Å². The van der Waals surface area contributed by atoms with Crippen LogP contribution in [0.25, 0.3) is 33.7 Å². The molecule has 0 spiro atoms. The lowest BCUT2D eigenvalue weighted by molar-refractivity contribution is 0.122. The van der Waals surface area contributed by atoms with Crippen LogP contribution in [0, 0.1) is 0 Å². The van der Waals surface area contributed by atoms with Gasteiger partial charge in [0.1, 0.15) is 17.6 Å². The van der Waals surface area contributed by atoms with E-state index in [-0.39, 0.29) is 5.82 Å². The molecule has 5 heterocycles. The topological polar surface area (TPSA) is 96.0 Å². The molecule has 10 nitrogen and oxygen atoms in total. The van der Waals surface area contributed by atoms with Crippen LogP contribution in [0.5, 0.6) is 5.75 Å². The van der Waals surface area contributed by atoms with Crippen LogP contribution in [0.1, 0.15) is 12.2 Å². The van der Waals surface area contributed by atoms with E-state index >= 15 is 0 Å². The third-order valence-corrected chi connectivity index (χ3v) is 5.88. The molecule has 1 fully saturated rings. The number of benzene rings is 1. The zero-order valence-electron chi connectivity index (χ0n) is 18.7. The Bertz CT molecular complexity index is 1510. The van der Waals surface area contributed by atoms with E-state index in [9.17, 15) is 8.78 Å². The number of alkyl halides is 2. The summed E-state index contributed by atoms with van der Waals surface area (Å²) in [4.78, 5) is 24.4. The molecule has 0 saturated carbocycles. The number of para-hydroxylation sites is 1. The highest BCUT2D eigenvalue weighted by Crippen LogP contribution is 2.34. The van der Waals surface area contributed by atoms with Crippen molar-refractivity contribution in [2.75, 3.05) is 38.3 Å². The van der Waals surface area contributed by atoms with Gasteiger partial charge in [0.25, 0.3) is 6.43 Å². The molecule has 178 valence electrons. The number of anilines is 1. The van der Waals surface area contributed by atoms with Crippen molar-refractivity contribution < 1.29 is 18.3 Å². The van der Waals surface area contributed by atoms with Crippen molar-refractivity contribution >= 4 is 28.1 Å². The van der Waals surface area contributed by atoms with Gasteiger partial charge in [-0.2, -0.15) is 9.97 Å². The van der Waals surface area contributed by atoms with E-state index in [4.69, 9.17) is 19.4 Å². The number of imidazole rings is 2. The van der Waals surface area contributed by atoms with Gasteiger partial charge >= 0.3 is 0 Å². The number of hydrogen-bond acceptors (Lipinski definition) is 8. The van der Waals surface area contributed by atoms with Crippen LogP contribution < -0.4 is 9.64 Å². The lowest BCUT2D eigenvalue weighted by Crippen LogP contribution is -2.37. The largest absolute Gasteiger partial charge is 0.494 e. The Morgan fingerprint density at radius 3 is 2.63 bits per heavy atom. The number of hydrogen-bond donors (Lipinski definition) is 0. The number of methoxy groups -OCH3 is 1. The molecule has 0 amide bonds. The van der Waals surface area contributed by atoms with Crippen molar-refractivity contribution in [1.29, 1.82) is 0 Å². The molecular weight excluding hydrogens is 458 g/mol. The fourth-order valence-electron chi connectivity index (χ4n) is 4.25. The molecule has 1 saturated heterocycles. The van der Waals surface area contributed by atoms with Crippen LogP contribution in [0.2, 0.25) is 0 Å². The average molecular weight is 478 g/mol. The predicted molar refractivity (Wildman–Crippen MR) is 124 cm³/mol. The standard InChI is InChI=1S/C23H20F2N8O2/c1-34-16-6-2-5-15-17(16)28-22(19(24)25)33(15)21-18-20(29-23(30-21)31-8-10-35-11-9-31)32(13-27-18)14-4-3-7-26-12-14/h2-7,12-13,19H,8-11H2,1H3. The van der Waals surface area contributed by atoms with E-state index in [0.717, 1.165) is 5.69 Å². The second kappa shape index (κ2) is 8.55. The molecule has 1 aliphatic rings. The van der Waals surface area contributed by atoms with Crippen LogP contribution >= 0.6 is 0 Å². The van der Waals surface area contributed by atoms with E-state index in [1.165, 1.54) is 11.7 Å². The molecule has 0 bridgehead atoms. The van der Waals surface area contributed by atoms with Crippen molar-refractivity contribution in [2.45, 2.75) is 6.43 Å². The minimum atomic E-state index is -2.86. The van der Waals surface area contributed by atoms with E-state index in [1.54, 1.807) is 47.6 Å². The molecule has 1 aliphatic heterocycles. The molecule has 6 rings (SSSR count). The van der Waals surface area contributed by atoms with Gasteiger partial charge in [0.2, 0.25) is 5.95 Å². The zero-order chi connectivity index (χ0) is 23.9. The van der Waals surface area contributed by atoms with Gasteiger partial charge < -0.3 is 14.4 Å². The number of rotatable bonds is 5. The van der Waals surface area contributed by atoms with E-state index < -0.39 is 12.2 Å². The number of nitrogens with zero attached hydrogens (tertiary/aromatic N) is 8. The molecule has 12 heteroatoms. The molecule has 5 aromatic rings. The first-order chi connectivity index (χ1) is 17.2. The van der Waals surface area contributed by atoms with Crippen LogP contribution in [-0.2, 0) is 4.74 Å². The van der Waals surface area contributed by atoms with E-state index in [0.29, 0.717) is 60.2 Å². The van der Waals surface area contributed by atoms with E-state index in [2.05, 4.69) is 15.0 Å². The summed E-state index contributed by atoms with van der Waals surface area (Å²) in [5, 5.41) is 0. The maximum atomic E-state index is 14.3. The van der Waals surface area contributed by atoms with Gasteiger partial charge in [0.15, 0.2) is 22.8 Å². The highest BCUT2D eigenvalue weighted by molar-refractivity contribution is 5.88. The highest BCUT2D eigenvalue weighted by atomic mass is 19.3. The Balaban J connectivity index is 1.67. The first kappa shape index (κ1) is 21.4. The Morgan fingerprint density at radius 2 is 1.89 bits per heavy atom. The predicted octanol–water partition coefficient (Wildman–Crippen LogP) is 3.33. The smallest absolute Gasteiger partial charge is 0.296 e. The second-order valence-electron chi connectivity index (χ2n) is 7.88. The summed E-state index contributed by atoms with van der Waals surface area (Å²) in [5.41, 5.74) is 2.31. The van der Waals surface area contributed by atoms with Gasteiger partial charge in [-0.15, -0.1) is 0 Å². The Morgan fingerprint density at radius 1 is 1.03 bits per heavy atom. The fraction of sp³-hybridized carbons (Fsp3) is 0.261. The molecule has 0 atom stereocenters. The molecule has 0 unspecified atom stereocenters. The average Bonchev–Trinajstić information content (AvgIpc) is 3.51. The summed E-state index contributed by atoms with van der Waals surface area (Å²) in [6.07, 6.45) is 2.08. The van der Waals surface area contributed by atoms with Crippen molar-refractivity contribution in [2.24, 2.45) is 0 Å². The lowest BCUT2D eigenvalue weighted by Gasteiger charge is -2.27. The van der Waals surface area contributed by atoms with Crippen LogP contribution in [-0.4, -0.2) is 67.5 Å². The summed E-state index contributed by atoms with van der Waals surface area (Å²) in [6.45, 7) is 2.19. The maximum absolute atomic E-state index is 14.3. The minimum Gasteiger partial charge on any atom is -0.494 e. The SMILES string of the molecule is COc1cccc2c1nc(C(F)F)n2-c1nc(N2CCOCC2)nc2c1ncn2-c1cccnc1. The Labute approximate surface area is 197 Å². The molecule has 0 N–H and O–H groups in total. The lowest BCUT2D eigenvalue weighted by atomic mass is 10.3. The Hall–Kier alpha value is -4.19. The molecule has 0 aliphatic carbocycles. The van der Waals surface area contributed by atoms with Gasteiger partial charge in [-0.25, -0.2) is 18.7 Å². The van der Waals surface area contributed by atoms with Crippen LogP contribution in [0.4, 0.5) is 14.7 Å². The number of morpholine rings is 1. The van der Waals surface area contributed by atoms with Crippen molar-refractivity contribution in [3.05, 3.63) is 54.9 Å². The van der Waals surface area contributed by atoms with Gasteiger partial charge in [-0.1, -0.05) is 6.07 Å². The molecule has 1 aromatic carbocycles. The maximum Gasteiger partial charge on any atom is 0.296 e. The summed E-state index contributed by atoms with van der Waals surface area (Å²) >= 11 is 0. The number of aromatic nitrogens is 7. The highest BCUT2D eigenvalue weighted by Gasteiger charge is 2.27. The molecule has 0 radical (unpaired) electrons. The van der Waals surface area contributed by atoms with Crippen molar-refractivity contribution in [3.63, 3.8) is 0 Å².